The molecule has 0 bridgehead atoms. The summed E-state index contributed by atoms with van der Waals surface area (Å²) in [6.45, 7) is 8.55. The first-order valence-electron chi connectivity index (χ1n) is 9.47. The summed E-state index contributed by atoms with van der Waals surface area (Å²) >= 11 is 0. The summed E-state index contributed by atoms with van der Waals surface area (Å²) < 4.78 is 3.75. The van der Waals surface area contributed by atoms with Crippen molar-refractivity contribution < 1.29 is 4.79 Å². The molecule has 4 heterocycles. The second-order valence-electron chi connectivity index (χ2n) is 7.17. The smallest absolute Gasteiger partial charge is 0.257 e. The van der Waals surface area contributed by atoms with Crippen LogP contribution in [0.4, 0.5) is 5.82 Å². The molecule has 0 aromatic carbocycles. The number of aryl methyl sites for hydroxylation is 3. The third-order valence-electron chi connectivity index (χ3n) is 5.29. The van der Waals surface area contributed by atoms with Crippen molar-refractivity contribution in [3.05, 3.63) is 53.4 Å². The number of rotatable bonds is 3. The van der Waals surface area contributed by atoms with E-state index >= 15 is 0 Å². The maximum Gasteiger partial charge on any atom is 0.257 e. The highest BCUT2D eigenvalue weighted by Gasteiger charge is 2.27. The van der Waals surface area contributed by atoms with Crippen LogP contribution in [0.15, 0.2) is 30.6 Å². The Morgan fingerprint density at radius 3 is 2.21 bits per heavy atom. The Labute approximate surface area is 164 Å². The second-order valence-corrected chi connectivity index (χ2v) is 7.17. The standard InChI is InChI=1S/C20H25N7O/c1-14-19(15(2)24(4)23-14)20(28)27-11-9-26(10-12-27)18-13-17(21-16(3)22-18)25-7-5-6-8-25/h5-8,13H,9-12H2,1-4H3. The van der Waals surface area contributed by atoms with Crippen molar-refractivity contribution in [2.45, 2.75) is 20.8 Å². The van der Waals surface area contributed by atoms with Gasteiger partial charge in [0.15, 0.2) is 0 Å². The van der Waals surface area contributed by atoms with Crippen molar-refractivity contribution in [3.63, 3.8) is 0 Å². The third kappa shape index (κ3) is 3.26. The zero-order valence-electron chi connectivity index (χ0n) is 16.8. The van der Waals surface area contributed by atoms with Gasteiger partial charge in [-0.05, 0) is 32.9 Å². The van der Waals surface area contributed by atoms with E-state index in [9.17, 15) is 4.79 Å². The number of hydrogen-bond acceptors (Lipinski definition) is 5. The Morgan fingerprint density at radius 2 is 1.61 bits per heavy atom. The van der Waals surface area contributed by atoms with Crippen LogP contribution >= 0.6 is 0 Å². The van der Waals surface area contributed by atoms with Crippen LogP contribution in [0.1, 0.15) is 27.6 Å². The lowest BCUT2D eigenvalue weighted by Gasteiger charge is -2.35. The third-order valence-corrected chi connectivity index (χ3v) is 5.29. The van der Waals surface area contributed by atoms with E-state index in [0.717, 1.165) is 47.5 Å². The lowest BCUT2D eigenvalue weighted by Crippen LogP contribution is -2.49. The van der Waals surface area contributed by atoms with Gasteiger partial charge in [-0.25, -0.2) is 9.97 Å². The highest BCUT2D eigenvalue weighted by atomic mass is 16.2. The average Bonchev–Trinajstić information content (AvgIpc) is 3.30. The summed E-state index contributed by atoms with van der Waals surface area (Å²) in [5.41, 5.74) is 2.42. The number of anilines is 1. The Bertz CT molecular complexity index is 998. The summed E-state index contributed by atoms with van der Waals surface area (Å²) in [6.07, 6.45) is 3.95. The SMILES string of the molecule is Cc1nc(N2CCN(C(=O)c3c(C)nn(C)c3C)CC2)cc(-n2cccc2)n1. The summed E-state index contributed by atoms with van der Waals surface area (Å²) in [6, 6.07) is 5.95. The first-order valence-corrected chi connectivity index (χ1v) is 9.47. The maximum absolute atomic E-state index is 13.0. The molecule has 3 aromatic heterocycles. The normalized spacial score (nSPS) is 14.6. The predicted molar refractivity (Wildman–Crippen MR) is 107 cm³/mol. The van der Waals surface area contributed by atoms with Crippen LogP contribution in [-0.4, -0.2) is 61.3 Å². The van der Waals surface area contributed by atoms with E-state index in [1.807, 2.05) is 67.9 Å². The van der Waals surface area contributed by atoms with E-state index in [-0.39, 0.29) is 5.91 Å². The van der Waals surface area contributed by atoms with Gasteiger partial charge in [0.1, 0.15) is 17.5 Å². The molecule has 0 unspecified atom stereocenters. The fourth-order valence-electron chi connectivity index (χ4n) is 3.70. The molecule has 1 fully saturated rings. The average molecular weight is 379 g/mol. The molecular weight excluding hydrogens is 354 g/mol. The van der Waals surface area contributed by atoms with E-state index in [1.165, 1.54) is 0 Å². The largest absolute Gasteiger partial charge is 0.353 e. The zero-order chi connectivity index (χ0) is 19.8. The number of piperazine rings is 1. The van der Waals surface area contributed by atoms with Gasteiger partial charge in [-0.3, -0.25) is 9.48 Å². The van der Waals surface area contributed by atoms with Gasteiger partial charge in [-0.2, -0.15) is 5.10 Å². The highest BCUT2D eigenvalue weighted by Crippen LogP contribution is 2.20. The van der Waals surface area contributed by atoms with Crippen LogP contribution < -0.4 is 4.90 Å². The summed E-state index contributed by atoms with van der Waals surface area (Å²) in [5, 5.41) is 4.37. The molecule has 1 aliphatic heterocycles. The van der Waals surface area contributed by atoms with Gasteiger partial charge in [-0.1, -0.05) is 0 Å². The molecule has 28 heavy (non-hydrogen) atoms. The molecule has 3 aromatic rings. The lowest BCUT2D eigenvalue weighted by atomic mass is 10.1. The molecule has 0 atom stereocenters. The van der Waals surface area contributed by atoms with Crippen molar-refractivity contribution in [2.24, 2.45) is 7.05 Å². The van der Waals surface area contributed by atoms with E-state index < -0.39 is 0 Å². The fraction of sp³-hybridized carbons (Fsp3) is 0.400. The number of carbonyl (C=O) groups excluding carboxylic acids is 1. The van der Waals surface area contributed by atoms with Gasteiger partial charge in [0.2, 0.25) is 0 Å². The minimum atomic E-state index is 0.0645. The van der Waals surface area contributed by atoms with Crippen molar-refractivity contribution >= 4 is 11.7 Å². The first-order chi connectivity index (χ1) is 13.4. The van der Waals surface area contributed by atoms with Gasteiger partial charge in [-0.15, -0.1) is 0 Å². The Hall–Kier alpha value is -3.16. The van der Waals surface area contributed by atoms with Crippen LogP contribution in [0.2, 0.25) is 0 Å². The van der Waals surface area contributed by atoms with Gasteiger partial charge < -0.3 is 14.4 Å². The molecule has 0 aliphatic carbocycles. The number of hydrogen-bond donors (Lipinski definition) is 0. The molecule has 0 radical (unpaired) electrons. The number of aromatic nitrogens is 5. The maximum atomic E-state index is 13.0. The summed E-state index contributed by atoms with van der Waals surface area (Å²) in [4.78, 5) is 26.3. The van der Waals surface area contributed by atoms with E-state index in [2.05, 4.69) is 20.0 Å². The van der Waals surface area contributed by atoms with Crippen LogP contribution in [0.5, 0.6) is 0 Å². The monoisotopic (exact) mass is 379 g/mol. The molecule has 1 amide bonds. The number of nitrogens with zero attached hydrogens (tertiary/aromatic N) is 7. The molecule has 146 valence electrons. The lowest BCUT2D eigenvalue weighted by molar-refractivity contribution is 0.0745. The van der Waals surface area contributed by atoms with Crippen LogP contribution in [0.25, 0.3) is 5.82 Å². The van der Waals surface area contributed by atoms with Gasteiger partial charge in [0.05, 0.1) is 11.3 Å². The molecule has 8 nitrogen and oxygen atoms in total. The fourth-order valence-corrected chi connectivity index (χ4v) is 3.70. The first kappa shape index (κ1) is 18.2. The van der Waals surface area contributed by atoms with Crippen molar-refractivity contribution in [2.75, 3.05) is 31.1 Å². The molecule has 1 saturated heterocycles. The molecule has 0 N–H and O–H groups in total. The van der Waals surface area contributed by atoms with Crippen LogP contribution in [-0.2, 0) is 7.05 Å². The summed E-state index contributed by atoms with van der Waals surface area (Å²) in [5.74, 6) is 2.56. The Morgan fingerprint density at radius 1 is 0.964 bits per heavy atom. The van der Waals surface area contributed by atoms with Crippen molar-refractivity contribution in [3.8, 4) is 5.82 Å². The number of amides is 1. The van der Waals surface area contributed by atoms with Crippen LogP contribution in [0, 0.1) is 20.8 Å². The molecule has 0 spiro atoms. The van der Waals surface area contributed by atoms with E-state index in [1.54, 1.807) is 4.68 Å². The highest BCUT2D eigenvalue weighted by molar-refractivity contribution is 5.96. The van der Waals surface area contributed by atoms with Crippen molar-refractivity contribution in [1.29, 1.82) is 0 Å². The van der Waals surface area contributed by atoms with Crippen LogP contribution in [0.3, 0.4) is 0 Å². The number of carbonyl (C=O) groups is 1. The second kappa shape index (κ2) is 7.10. The summed E-state index contributed by atoms with van der Waals surface area (Å²) in [7, 11) is 1.87. The Balaban J connectivity index is 1.49. The molecular formula is C20H25N7O. The molecule has 8 heteroatoms. The molecule has 0 saturated carbocycles. The van der Waals surface area contributed by atoms with Gasteiger partial charge in [0, 0.05) is 57.4 Å². The molecule has 4 rings (SSSR count). The van der Waals surface area contributed by atoms with Gasteiger partial charge >= 0.3 is 0 Å². The van der Waals surface area contributed by atoms with E-state index in [4.69, 9.17) is 0 Å². The Kier molecular flexibility index (Phi) is 4.62. The minimum Gasteiger partial charge on any atom is -0.353 e. The quantitative estimate of drug-likeness (QED) is 0.695. The van der Waals surface area contributed by atoms with Gasteiger partial charge in [0.25, 0.3) is 5.91 Å². The topological polar surface area (TPSA) is 72.1 Å². The predicted octanol–water partition coefficient (Wildman–Crippen LogP) is 1.89. The van der Waals surface area contributed by atoms with E-state index in [0.29, 0.717) is 13.1 Å². The minimum absolute atomic E-state index is 0.0645. The van der Waals surface area contributed by atoms with Crippen molar-refractivity contribution in [1.82, 2.24) is 29.2 Å². The molecule has 1 aliphatic rings. The zero-order valence-corrected chi connectivity index (χ0v) is 16.8.